The molecular weight excluding hydrogens is 220 g/mol. The summed E-state index contributed by atoms with van der Waals surface area (Å²) in [6.45, 7) is 8.35. The first-order chi connectivity index (χ1) is 8.56. The fourth-order valence-corrected chi connectivity index (χ4v) is 3.90. The summed E-state index contributed by atoms with van der Waals surface area (Å²) in [5.41, 5.74) is 6.01. The Balaban J connectivity index is 1.66. The Bertz CT molecular complexity index is 251. The molecule has 0 aromatic carbocycles. The molecule has 2 fully saturated rings. The molecule has 2 aliphatic carbocycles. The summed E-state index contributed by atoms with van der Waals surface area (Å²) < 4.78 is 0. The zero-order chi connectivity index (χ0) is 13.1. The second kappa shape index (κ2) is 6.38. The number of nitrogens with one attached hydrogen (secondary N) is 1. The second-order valence-electron chi connectivity index (χ2n) is 7.23. The average Bonchev–Trinajstić information content (AvgIpc) is 2.94. The van der Waals surface area contributed by atoms with E-state index in [1.54, 1.807) is 0 Å². The minimum absolute atomic E-state index is 0.481. The summed E-state index contributed by atoms with van der Waals surface area (Å²) in [4.78, 5) is 0. The van der Waals surface area contributed by atoms with E-state index in [-0.39, 0.29) is 0 Å². The monoisotopic (exact) mass is 252 g/mol. The largest absolute Gasteiger partial charge is 0.328 e. The van der Waals surface area contributed by atoms with E-state index in [1.165, 1.54) is 45.1 Å². The molecule has 3 unspecified atom stereocenters. The van der Waals surface area contributed by atoms with Crippen LogP contribution in [0.25, 0.3) is 0 Å². The number of rotatable bonds is 5. The lowest BCUT2D eigenvalue weighted by atomic mass is 9.92. The third kappa shape index (κ3) is 3.71. The van der Waals surface area contributed by atoms with Crippen LogP contribution in [0.1, 0.15) is 59.3 Å². The summed E-state index contributed by atoms with van der Waals surface area (Å²) in [5.74, 6) is 3.49. The molecule has 2 rings (SSSR count). The maximum absolute atomic E-state index is 6.01. The van der Waals surface area contributed by atoms with Gasteiger partial charge in [0.05, 0.1) is 0 Å². The Labute approximate surface area is 113 Å². The molecule has 0 spiro atoms. The van der Waals surface area contributed by atoms with Crippen LogP contribution in [0.2, 0.25) is 0 Å². The maximum atomic E-state index is 6.01. The van der Waals surface area contributed by atoms with E-state index < -0.39 is 0 Å². The third-order valence-electron chi connectivity index (χ3n) is 5.46. The molecule has 0 heterocycles. The standard InChI is InChI=1S/C16H32N2/c1-11(2)13-5-7-16(9-13)18-10-12(3)14-4-6-15(17)8-14/h11-16,18H,4-10,17H2,1-3H3/t12?,13?,14-,15+,16?/m0/s1. The normalized spacial score (nSPS) is 38.5. The zero-order valence-electron chi connectivity index (χ0n) is 12.5. The van der Waals surface area contributed by atoms with E-state index in [0.29, 0.717) is 6.04 Å². The van der Waals surface area contributed by atoms with Crippen molar-refractivity contribution in [1.82, 2.24) is 5.32 Å². The van der Waals surface area contributed by atoms with Gasteiger partial charge in [-0.3, -0.25) is 0 Å². The van der Waals surface area contributed by atoms with Crippen LogP contribution in [-0.2, 0) is 0 Å². The van der Waals surface area contributed by atoms with Crippen molar-refractivity contribution in [3.63, 3.8) is 0 Å². The SMILES string of the molecule is CC(C)C1CCC(NCC(C)[C@H]2CC[C@@H](N)C2)C1. The van der Waals surface area contributed by atoms with Gasteiger partial charge in [-0.25, -0.2) is 0 Å². The van der Waals surface area contributed by atoms with Gasteiger partial charge >= 0.3 is 0 Å². The van der Waals surface area contributed by atoms with Gasteiger partial charge in [0, 0.05) is 12.1 Å². The molecule has 0 amide bonds. The van der Waals surface area contributed by atoms with Crippen molar-refractivity contribution in [3.8, 4) is 0 Å². The maximum Gasteiger partial charge on any atom is 0.00700 e. The van der Waals surface area contributed by atoms with Crippen LogP contribution in [0, 0.1) is 23.7 Å². The van der Waals surface area contributed by atoms with Crippen molar-refractivity contribution in [2.24, 2.45) is 29.4 Å². The summed E-state index contributed by atoms with van der Waals surface area (Å²) in [6, 6.07) is 1.27. The van der Waals surface area contributed by atoms with E-state index in [2.05, 4.69) is 26.1 Å². The number of nitrogens with two attached hydrogens (primary N) is 1. The predicted octanol–water partition coefficient (Wildman–Crippen LogP) is 3.16. The van der Waals surface area contributed by atoms with E-state index in [4.69, 9.17) is 5.73 Å². The molecule has 2 aliphatic rings. The first-order valence-electron chi connectivity index (χ1n) is 8.05. The molecule has 2 saturated carbocycles. The molecule has 0 bridgehead atoms. The molecule has 3 N–H and O–H groups in total. The smallest absolute Gasteiger partial charge is 0.00700 e. The van der Waals surface area contributed by atoms with Crippen molar-refractivity contribution in [3.05, 3.63) is 0 Å². The topological polar surface area (TPSA) is 38.0 Å². The highest BCUT2D eigenvalue weighted by Gasteiger charge is 2.29. The lowest BCUT2D eigenvalue weighted by molar-refractivity contribution is 0.322. The van der Waals surface area contributed by atoms with Gasteiger partial charge in [0.2, 0.25) is 0 Å². The van der Waals surface area contributed by atoms with Crippen molar-refractivity contribution in [1.29, 1.82) is 0 Å². The van der Waals surface area contributed by atoms with Gasteiger partial charge in [0.15, 0.2) is 0 Å². The first kappa shape index (κ1) is 14.3. The Morgan fingerprint density at radius 3 is 2.28 bits per heavy atom. The Hall–Kier alpha value is -0.0800. The predicted molar refractivity (Wildman–Crippen MR) is 78.5 cm³/mol. The molecule has 18 heavy (non-hydrogen) atoms. The Morgan fingerprint density at radius 1 is 1.00 bits per heavy atom. The molecular formula is C16H32N2. The van der Waals surface area contributed by atoms with Gasteiger partial charge in [-0.2, -0.15) is 0 Å². The van der Waals surface area contributed by atoms with Gasteiger partial charge in [-0.1, -0.05) is 20.8 Å². The van der Waals surface area contributed by atoms with Crippen molar-refractivity contribution >= 4 is 0 Å². The van der Waals surface area contributed by atoms with Crippen LogP contribution in [0.4, 0.5) is 0 Å². The highest BCUT2D eigenvalue weighted by atomic mass is 14.9. The molecule has 0 aliphatic heterocycles. The van der Waals surface area contributed by atoms with Crippen LogP contribution in [0.3, 0.4) is 0 Å². The lowest BCUT2D eigenvalue weighted by Gasteiger charge is -2.22. The second-order valence-corrected chi connectivity index (χ2v) is 7.23. The van der Waals surface area contributed by atoms with Crippen LogP contribution in [0.5, 0.6) is 0 Å². The quantitative estimate of drug-likeness (QED) is 0.789. The molecule has 5 atom stereocenters. The van der Waals surface area contributed by atoms with Gasteiger partial charge in [0.25, 0.3) is 0 Å². The molecule has 0 aromatic rings. The van der Waals surface area contributed by atoms with Crippen molar-refractivity contribution < 1.29 is 0 Å². The molecule has 0 radical (unpaired) electrons. The molecule has 106 valence electrons. The summed E-state index contributed by atoms with van der Waals surface area (Å²) in [6.07, 6.45) is 8.06. The lowest BCUT2D eigenvalue weighted by Crippen LogP contribution is -2.33. The molecule has 2 heteroatoms. The zero-order valence-corrected chi connectivity index (χ0v) is 12.5. The molecule has 2 nitrogen and oxygen atoms in total. The summed E-state index contributed by atoms with van der Waals surface area (Å²) in [7, 11) is 0. The highest BCUT2D eigenvalue weighted by molar-refractivity contribution is 4.85. The number of hydrogen-bond acceptors (Lipinski definition) is 2. The third-order valence-corrected chi connectivity index (χ3v) is 5.46. The first-order valence-corrected chi connectivity index (χ1v) is 8.05. The van der Waals surface area contributed by atoms with Gasteiger partial charge in [-0.05, 0) is 68.7 Å². The minimum Gasteiger partial charge on any atom is -0.328 e. The average molecular weight is 252 g/mol. The fourth-order valence-electron chi connectivity index (χ4n) is 3.90. The highest BCUT2D eigenvalue weighted by Crippen LogP contribution is 2.33. The van der Waals surface area contributed by atoms with Crippen LogP contribution >= 0.6 is 0 Å². The van der Waals surface area contributed by atoms with Crippen LogP contribution < -0.4 is 11.1 Å². The van der Waals surface area contributed by atoms with E-state index >= 15 is 0 Å². The minimum atomic E-state index is 0.481. The van der Waals surface area contributed by atoms with E-state index in [9.17, 15) is 0 Å². The van der Waals surface area contributed by atoms with Gasteiger partial charge in [0.1, 0.15) is 0 Å². The molecule has 0 aromatic heterocycles. The number of hydrogen-bond donors (Lipinski definition) is 2. The summed E-state index contributed by atoms with van der Waals surface area (Å²) >= 11 is 0. The van der Waals surface area contributed by atoms with Gasteiger partial charge in [-0.15, -0.1) is 0 Å². The molecule has 0 saturated heterocycles. The Morgan fingerprint density at radius 2 is 1.72 bits per heavy atom. The Kier molecular flexibility index (Phi) is 5.08. The van der Waals surface area contributed by atoms with E-state index in [1.807, 2.05) is 0 Å². The van der Waals surface area contributed by atoms with Crippen molar-refractivity contribution in [2.75, 3.05) is 6.54 Å². The summed E-state index contributed by atoms with van der Waals surface area (Å²) in [5, 5.41) is 3.82. The van der Waals surface area contributed by atoms with Crippen LogP contribution in [0.15, 0.2) is 0 Å². The van der Waals surface area contributed by atoms with Crippen molar-refractivity contribution in [2.45, 2.75) is 71.4 Å². The van der Waals surface area contributed by atoms with Gasteiger partial charge < -0.3 is 11.1 Å². The van der Waals surface area contributed by atoms with Crippen LogP contribution in [-0.4, -0.2) is 18.6 Å². The van der Waals surface area contributed by atoms with E-state index in [0.717, 1.165) is 29.7 Å². The fraction of sp³-hybridized carbons (Fsp3) is 1.00.